The number of aromatic nitrogens is 3. The number of amides is 3. The van der Waals surface area contributed by atoms with Crippen LogP contribution in [0.25, 0.3) is 11.0 Å². The van der Waals surface area contributed by atoms with Crippen LogP contribution in [0.5, 0.6) is 5.75 Å². The molecule has 0 unspecified atom stereocenters. The number of imide groups is 1. The second-order valence-electron chi connectivity index (χ2n) is 6.80. The zero-order valence-corrected chi connectivity index (χ0v) is 16.5. The molecular formula is C20H23N5O3. The number of nitrogens with one attached hydrogen (secondary N) is 2. The smallest absolute Gasteiger partial charge is 0.326 e. The summed E-state index contributed by atoms with van der Waals surface area (Å²) < 4.78 is 7.27. The average molecular weight is 381 g/mol. The number of carbonyl (C=O) groups excluding carboxylic acids is 2. The standard InChI is InChI=1S/C20H23N5O3/c1-11(2)28-15-8-6-7-14(9-15)22-20(27)23-19(26)17-10-16-13(4)24-25(5)18(16)21-12(17)3/h6-11H,1-5H3,(H2,22,23,26,27). The van der Waals surface area contributed by atoms with Crippen molar-refractivity contribution in [1.29, 1.82) is 0 Å². The molecule has 0 aliphatic heterocycles. The lowest BCUT2D eigenvalue weighted by Gasteiger charge is -2.12. The van der Waals surface area contributed by atoms with Crippen molar-refractivity contribution in [1.82, 2.24) is 20.1 Å². The van der Waals surface area contributed by atoms with Crippen molar-refractivity contribution in [2.75, 3.05) is 5.32 Å². The average Bonchev–Trinajstić information content (AvgIpc) is 2.87. The maximum atomic E-state index is 12.6. The minimum absolute atomic E-state index is 0.0204. The van der Waals surface area contributed by atoms with Gasteiger partial charge in [-0.1, -0.05) is 6.07 Å². The van der Waals surface area contributed by atoms with Crippen LogP contribution >= 0.6 is 0 Å². The number of rotatable bonds is 4. The van der Waals surface area contributed by atoms with Gasteiger partial charge in [-0.15, -0.1) is 0 Å². The minimum Gasteiger partial charge on any atom is -0.491 e. The van der Waals surface area contributed by atoms with Gasteiger partial charge < -0.3 is 10.1 Å². The van der Waals surface area contributed by atoms with Crippen molar-refractivity contribution in [3.63, 3.8) is 0 Å². The van der Waals surface area contributed by atoms with Crippen molar-refractivity contribution in [3.05, 3.63) is 47.3 Å². The molecule has 0 saturated carbocycles. The summed E-state index contributed by atoms with van der Waals surface area (Å²) in [7, 11) is 1.80. The molecule has 0 spiro atoms. The largest absolute Gasteiger partial charge is 0.491 e. The van der Waals surface area contributed by atoms with Gasteiger partial charge in [0.25, 0.3) is 5.91 Å². The van der Waals surface area contributed by atoms with Crippen LogP contribution in [0.15, 0.2) is 30.3 Å². The molecule has 0 radical (unpaired) electrons. The Kier molecular flexibility index (Phi) is 5.30. The monoisotopic (exact) mass is 381 g/mol. The van der Waals surface area contributed by atoms with Crippen LogP contribution in [0.3, 0.4) is 0 Å². The Hall–Kier alpha value is -3.42. The summed E-state index contributed by atoms with van der Waals surface area (Å²) in [5, 5.41) is 10.1. The molecule has 0 aliphatic rings. The van der Waals surface area contributed by atoms with Crippen LogP contribution in [-0.2, 0) is 7.05 Å². The van der Waals surface area contributed by atoms with Crippen LogP contribution in [0, 0.1) is 13.8 Å². The molecule has 8 nitrogen and oxygen atoms in total. The highest BCUT2D eigenvalue weighted by molar-refractivity contribution is 6.09. The molecule has 146 valence electrons. The van der Waals surface area contributed by atoms with Crippen LogP contribution in [0.4, 0.5) is 10.5 Å². The van der Waals surface area contributed by atoms with Gasteiger partial charge in [0.1, 0.15) is 5.75 Å². The van der Waals surface area contributed by atoms with Gasteiger partial charge in [0.05, 0.1) is 23.1 Å². The highest BCUT2D eigenvalue weighted by atomic mass is 16.5. The second-order valence-corrected chi connectivity index (χ2v) is 6.80. The van der Waals surface area contributed by atoms with Gasteiger partial charge in [0.2, 0.25) is 0 Å². The number of hydrogen-bond acceptors (Lipinski definition) is 5. The molecule has 0 bridgehead atoms. The summed E-state index contributed by atoms with van der Waals surface area (Å²) in [5.74, 6) is 0.110. The second kappa shape index (κ2) is 7.67. The number of benzene rings is 1. The number of urea groups is 1. The Balaban J connectivity index is 1.74. The SMILES string of the molecule is Cc1nc2c(cc1C(=O)NC(=O)Nc1cccc(OC(C)C)c1)c(C)nn2C. The quantitative estimate of drug-likeness (QED) is 0.722. The number of pyridine rings is 1. The van der Waals surface area contributed by atoms with Crippen molar-refractivity contribution in [3.8, 4) is 5.75 Å². The lowest BCUT2D eigenvalue weighted by molar-refractivity contribution is 0.0966. The molecule has 3 amide bonds. The molecule has 0 atom stereocenters. The van der Waals surface area contributed by atoms with E-state index < -0.39 is 11.9 Å². The Labute approximate surface area is 162 Å². The first-order valence-corrected chi connectivity index (χ1v) is 8.94. The third kappa shape index (κ3) is 4.11. The maximum absolute atomic E-state index is 12.6. The number of nitrogens with zero attached hydrogens (tertiary/aromatic N) is 3. The summed E-state index contributed by atoms with van der Waals surface area (Å²) in [6, 6.07) is 8.06. The van der Waals surface area contributed by atoms with E-state index in [9.17, 15) is 9.59 Å². The Morgan fingerprint density at radius 3 is 2.61 bits per heavy atom. The summed E-state index contributed by atoms with van der Waals surface area (Å²) >= 11 is 0. The molecule has 0 fully saturated rings. The third-order valence-corrected chi connectivity index (χ3v) is 4.12. The molecule has 8 heteroatoms. The first-order chi connectivity index (χ1) is 13.2. The molecule has 2 aromatic heterocycles. The van der Waals surface area contributed by atoms with Crippen molar-refractivity contribution in [2.45, 2.75) is 33.8 Å². The van der Waals surface area contributed by atoms with Crippen molar-refractivity contribution < 1.29 is 14.3 Å². The number of fused-ring (bicyclic) bond motifs is 1. The van der Waals surface area contributed by atoms with Crippen molar-refractivity contribution in [2.24, 2.45) is 7.05 Å². The number of carbonyl (C=O) groups is 2. The van der Waals surface area contributed by atoms with Crippen LogP contribution < -0.4 is 15.4 Å². The van der Waals surface area contributed by atoms with Gasteiger partial charge in [-0.2, -0.15) is 5.10 Å². The molecule has 0 saturated heterocycles. The Morgan fingerprint density at radius 2 is 1.89 bits per heavy atom. The number of hydrogen-bond donors (Lipinski definition) is 2. The van der Waals surface area contributed by atoms with E-state index in [2.05, 4.69) is 20.7 Å². The fraction of sp³-hybridized carbons (Fsp3) is 0.300. The predicted octanol–water partition coefficient (Wildman–Crippen LogP) is 3.33. The summed E-state index contributed by atoms with van der Waals surface area (Å²) in [6.07, 6.45) is 0.0204. The van der Waals surface area contributed by atoms with Crippen LogP contribution in [-0.4, -0.2) is 32.8 Å². The van der Waals surface area contributed by atoms with Gasteiger partial charge in [-0.3, -0.25) is 14.8 Å². The van der Waals surface area contributed by atoms with E-state index in [0.29, 0.717) is 28.3 Å². The van der Waals surface area contributed by atoms with Crippen LogP contribution in [0.1, 0.15) is 35.6 Å². The first-order valence-electron chi connectivity index (χ1n) is 8.94. The molecule has 28 heavy (non-hydrogen) atoms. The van der Waals surface area contributed by atoms with Gasteiger partial charge in [-0.05, 0) is 45.9 Å². The molecule has 3 rings (SSSR count). The van der Waals surface area contributed by atoms with E-state index >= 15 is 0 Å². The van der Waals surface area contributed by atoms with Gasteiger partial charge >= 0.3 is 6.03 Å². The minimum atomic E-state index is -0.630. The van der Waals surface area contributed by atoms with E-state index in [1.54, 1.807) is 49.0 Å². The molecule has 3 aromatic rings. The summed E-state index contributed by atoms with van der Waals surface area (Å²) in [4.78, 5) is 29.3. The highest BCUT2D eigenvalue weighted by Gasteiger charge is 2.17. The molecular weight excluding hydrogens is 358 g/mol. The normalized spacial score (nSPS) is 10.9. The van der Waals surface area contributed by atoms with E-state index in [4.69, 9.17) is 4.74 Å². The lowest BCUT2D eigenvalue weighted by atomic mass is 10.1. The Morgan fingerprint density at radius 1 is 1.14 bits per heavy atom. The lowest BCUT2D eigenvalue weighted by Crippen LogP contribution is -2.34. The number of aryl methyl sites for hydroxylation is 3. The number of ether oxygens (including phenoxy) is 1. The van der Waals surface area contributed by atoms with E-state index in [1.165, 1.54) is 0 Å². The molecule has 2 N–H and O–H groups in total. The maximum Gasteiger partial charge on any atom is 0.326 e. The number of anilines is 1. The summed E-state index contributed by atoms with van der Waals surface area (Å²) in [6.45, 7) is 7.41. The fourth-order valence-electron chi connectivity index (χ4n) is 2.91. The third-order valence-electron chi connectivity index (χ3n) is 4.12. The summed E-state index contributed by atoms with van der Waals surface area (Å²) in [5.41, 5.74) is 2.84. The van der Waals surface area contributed by atoms with Gasteiger partial charge in [0, 0.05) is 24.2 Å². The Bertz CT molecular complexity index is 1060. The fourth-order valence-corrected chi connectivity index (χ4v) is 2.91. The van der Waals surface area contributed by atoms with Crippen LogP contribution in [0.2, 0.25) is 0 Å². The zero-order chi connectivity index (χ0) is 20.4. The molecule has 0 aliphatic carbocycles. The molecule has 2 heterocycles. The van der Waals surface area contributed by atoms with Gasteiger partial charge in [-0.25, -0.2) is 9.78 Å². The van der Waals surface area contributed by atoms with E-state index in [1.807, 2.05) is 20.8 Å². The van der Waals surface area contributed by atoms with E-state index in [-0.39, 0.29) is 6.10 Å². The topological polar surface area (TPSA) is 98.1 Å². The predicted molar refractivity (Wildman–Crippen MR) is 107 cm³/mol. The van der Waals surface area contributed by atoms with E-state index in [0.717, 1.165) is 11.1 Å². The molecule has 1 aromatic carbocycles. The van der Waals surface area contributed by atoms with Gasteiger partial charge in [0.15, 0.2) is 5.65 Å². The first kappa shape index (κ1) is 19.3. The zero-order valence-electron chi connectivity index (χ0n) is 16.5. The highest BCUT2D eigenvalue weighted by Crippen LogP contribution is 2.20. The van der Waals surface area contributed by atoms with Crippen molar-refractivity contribution >= 4 is 28.7 Å².